The maximum atomic E-state index is 10.7. The van der Waals surface area contributed by atoms with E-state index < -0.39 is 0 Å². The third-order valence-corrected chi connectivity index (χ3v) is 12.8. The molecule has 0 bridgehead atoms. The Bertz CT molecular complexity index is 3890. The Morgan fingerprint density at radius 2 is 0.758 bits per heavy atom. The van der Waals surface area contributed by atoms with Crippen molar-refractivity contribution in [3.05, 3.63) is 236 Å². The molecule has 0 spiro atoms. The summed E-state index contributed by atoms with van der Waals surface area (Å²) in [6.07, 6.45) is 0. The van der Waals surface area contributed by atoms with Crippen LogP contribution < -0.4 is 0 Å². The molecule has 0 amide bonds. The standard InChI is InChI=1S/C62H38N4/c63-39-51-37-48(47-17-10-18-49(36-47)56-23-11-16-44-30-26-41-13-5-7-21-55(41)59(44)56)34-35-54(51)57-22-9-8-19-52(57)42-27-31-46(32-28-42)61-64-60(45-14-2-1-3-15-45)65-62(66-61)50-33-29-43-25-24-40-12-4-6-20-53(40)58(43)38-50/h1-38H. The minimum Gasteiger partial charge on any atom is -0.208 e. The summed E-state index contributed by atoms with van der Waals surface area (Å²) >= 11 is 0. The average Bonchev–Trinajstić information content (AvgIpc) is 3.40. The molecule has 0 radical (unpaired) electrons. The smallest absolute Gasteiger partial charge is 0.164 e. The molecular weight excluding hydrogens is 801 g/mol. The van der Waals surface area contributed by atoms with Crippen molar-refractivity contribution in [2.24, 2.45) is 0 Å². The highest BCUT2D eigenvalue weighted by Gasteiger charge is 2.17. The average molecular weight is 839 g/mol. The Morgan fingerprint density at radius 3 is 1.53 bits per heavy atom. The molecule has 0 aliphatic heterocycles. The summed E-state index contributed by atoms with van der Waals surface area (Å²) in [5, 5.41) is 20.3. The maximum absolute atomic E-state index is 10.7. The number of nitriles is 1. The number of hydrogen-bond acceptors (Lipinski definition) is 4. The first kappa shape index (κ1) is 38.6. The number of nitrogens with zero attached hydrogens (tertiary/aromatic N) is 4. The van der Waals surface area contributed by atoms with E-state index in [0.717, 1.165) is 61.0 Å². The van der Waals surface area contributed by atoms with Crippen molar-refractivity contribution in [2.45, 2.75) is 0 Å². The van der Waals surface area contributed by atoms with Gasteiger partial charge in [0, 0.05) is 22.3 Å². The van der Waals surface area contributed by atoms with Crippen molar-refractivity contribution >= 4 is 43.1 Å². The van der Waals surface area contributed by atoms with Crippen LogP contribution in [0.3, 0.4) is 0 Å². The summed E-state index contributed by atoms with van der Waals surface area (Å²) in [6, 6.07) is 82.9. The lowest BCUT2D eigenvalue weighted by Gasteiger charge is -2.14. The van der Waals surface area contributed by atoms with Crippen molar-refractivity contribution in [1.82, 2.24) is 15.0 Å². The van der Waals surface area contributed by atoms with Crippen molar-refractivity contribution in [2.75, 3.05) is 0 Å². The van der Waals surface area contributed by atoms with E-state index >= 15 is 0 Å². The molecule has 0 atom stereocenters. The van der Waals surface area contributed by atoms with Crippen LogP contribution in [0, 0.1) is 11.3 Å². The van der Waals surface area contributed by atoms with Crippen LogP contribution in [-0.2, 0) is 0 Å². The monoisotopic (exact) mass is 838 g/mol. The molecule has 12 rings (SSSR count). The molecular formula is C62H38N4. The molecule has 0 unspecified atom stereocenters. The van der Waals surface area contributed by atoms with Gasteiger partial charge in [-0.2, -0.15) is 5.26 Å². The highest BCUT2D eigenvalue weighted by molar-refractivity contribution is 6.14. The van der Waals surface area contributed by atoms with E-state index in [4.69, 9.17) is 15.0 Å². The zero-order valence-electron chi connectivity index (χ0n) is 35.7. The lowest BCUT2D eigenvalue weighted by molar-refractivity contribution is 1.07. The number of fused-ring (bicyclic) bond motifs is 6. The highest BCUT2D eigenvalue weighted by Crippen LogP contribution is 2.39. The van der Waals surface area contributed by atoms with Crippen molar-refractivity contribution in [1.29, 1.82) is 5.26 Å². The minimum absolute atomic E-state index is 0.594. The number of rotatable bonds is 7. The normalized spacial score (nSPS) is 11.3. The van der Waals surface area contributed by atoms with Crippen LogP contribution in [0.15, 0.2) is 231 Å². The lowest BCUT2D eigenvalue weighted by Crippen LogP contribution is -2.00. The zero-order chi connectivity index (χ0) is 44.0. The number of benzene rings is 11. The van der Waals surface area contributed by atoms with Crippen molar-refractivity contribution in [3.8, 4) is 84.7 Å². The van der Waals surface area contributed by atoms with Crippen LogP contribution in [0.2, 0.25) is 0 Å². The highest BCUT2D eigenvalue weighted by atomic mass is 15.0. The van der Waals surface area contributed by atoms with Crippen LogP contribution in [0.4, 0.5) is 0 Å². The van der Waals surface area contributed by atoms with E-state index in [-0.39, 0.29) is 0 Å². The predicted octanol–water partition coefficient (Wildman–Crippen LogP) is 16.0. The fourth-order valence-corrected chi connectivity index (χ4v) is 9.48. The summed E-state index contributed by atoms with van der Waals surface area (Å²) in [4.78, 5) is 15.2. The SMILES string of the molecule is N#Cc1cc(-c2cccc(-c3cccc4ccc5ccccc5c34)c2)ccc1-c1ccccc1-c1ccc(-c2nc(-c3ccccc3)nc(-c3ccc4ccc5ccccc5c4c3)n2)cc1. The first-order chi connectivity index (χ1) is 32.6. The number of hydrogen-bond donors (Lipinski definition) is 0. The quantitative estimate of drug-likeness (QED) is 0.150. The maximum Gasteiger partial charge on any atom is 0.164 e. The molecule has 0 fully saturated rings. The lowest BCUT2D eigenvalue weighted by atomic mass is 9.89. The molecule has 11 aromatic carbocycles. The van der Waals surface area contributed by atoms with E-state index in [0.29, 0.717) is 23.0 Å². The third-order valence-electron chi connectivity index (χ3n) is 12.8. The molecule has 0 aliphatic carbocycles. The molecule has 0 aliphatic rings. The molecule has 66 heavy (non-hydrogen) atoms. The van der Waals surface area contributed by atoms with Crippen LogP contribution in [0.1, 0.15) is 5.56 Å². The Balaban J connectivity index is 0.893. The summed E-state index contributed by atoms with van der Waals surface area (Å²) in [6.45, 7) is 0. The van der Waals surface area contributed by atoms with Crippen LogP contribution >= 0.6 is 0 Å². The molecule has 306 valence electrons. The van der Waals surface area contributed by atoms with Gasteiger partial charge in [-0.15, -0.1) is 0 Å². The molecule has 4 heteroatoms. The molecule has 1 heterocycles. The molecule has 12 aromatic rings. The van der Waals surface area contributed by atoms with E-state index in [1.165, 1.54) is 43.3 Å². The largest absolute Gasteiger partial charge is 0.208 e. The second-order valence-electron chi connectivity index (χ2n) is 16.7. The van der Waals surface area contributed by atoms with Gasteiger partial charge in [-0.1, -0.05) is 212 Å². The van der Waals surface area contributed by atoms with Gasteiger partial charge in [-0.05, 0) is 100 Å². The Kier molecular flexibility index (Phi) is 9.51. The van der Waals surface area contributed by atoms with Gasteiger partial charge in [0.15, 0.2) is 17.5 Å². The second kappa shape index (κ2) is 16.3. The van der Waals surface area contributed by atoms with Crippen molar-refractivity contribution in [3.63, 3.8) is 0 Å². The minimum atomic E-state index is 0.594. The zero-order valence-corrected chi connectivity index (χ0v) is 35.7. The van der Waals surface area contributed by atoms with Gasteiger partial charge in [0.05, 0.1) is 11.6 Å². The predicted molar refractivity (Wildman–Crippen MR) is 273 cm³/mol. The Hall–Kier alpha value is -9.04. The fraction of sp³-hybridized carbons (Fsp3) is 0. The van der Waals surface area contributed by atoms with Crippen LogP contribution in [0.5, 0.6) is 0 Å². The third kappa shape index (κ3) is 6.93. The molecule has 1 aromatic heterocycles. The van der Waals surface area contributed by atoms with Crippen LogP contribution in [-0.4, -0.2) is 15.0 Å². The van der Waals surface area contributed by atoms with Gasteiger partial charge in [0.2, 0.25) is 0 Å². The first-order valence-corrected chi connectivity index (χ1v) is 22.1. The van der Waals surface area contributed by atoms with E-state index in [1.54, 1.807) is 0 Å². The summed E-state index contributed by atoms with van der Waals surface area (Å²) in [5.74, 6) is 1.82. The fourth-order valence-electron chi connectivity index (χ4n) is 9.48. The molecule has 0 saturated heterocycles. The van der Waals surface area contributed by atoms with Gasteiger partial charge >= 0.3 is 0 Å². The van der Waals surface area contributed by atoms with Gasteiger partial charge in [-0.3, -0.25) is 0 Å². The second-order valence-corrected chi connectivity index (χ2v) is 16.7. The number of aromatic nitrogens is 3. The summed E-state index contributed by atoms with van der Waals surface area (Å²) in [7, 11) is 0. The first-order valence-electron chi connectivity index (χ1n) is 22.1. The van der Waals surface area contributed by atoms with E-state index in [1.807, 2.05) is 48.5 Å². The molecule has 4 nitrogen and oxygen atoms in total. The van der Waals surface area contributed by atoms with Gasteiger partial charge in [0.25, 0.3) is 0 Å². The van der Waals surface area contributed by atoms with E-state index in [2.05, 4.69) is 188 Å². The summed E-state index contributed by atoms with van der Waals surface area (Å²) in [5.41, 5.74) is 11.6. The van der Waals surface area contributed by atoms with E-state index in [9.17, 15) is 5.26 Å². The van der Waals surface area contributed by atoms with Gasteiger partial charge in [-0.25, -0.2) is 15.0 Å². The van der Waals surface area contributed by atoms with Crippen molar-refractivity contribution < 1.29 is 0 Å². The van der Waals surface area contributed by atoms with Gasteiger partial charge in [0.1, 0.15) is 0 Å². The van der Waals surface area contributed by atoms with Gasteiger partial charge < -0.3 is 0 Å². The summed E-state index contributed by atoms with van der Waals surface area (Å²) < 4.78 is 0. The molecule has 0 N–H and O–H groups in total. The molecule has 0 saturated carbocycles. The Morgan fingerprint density at radius 1 is 0.273 bits per heavy atom. The van der Waals surface area contributed by atoms with Crippen LogP contribution in [0.25, 0.3) is 122 Å². The topological polar surface area (TPSA) is 62.5 Å². The Labute approximate surface area is 382 Å².